The van der Waals surface area contributed by atoms with Gasteiger partial charge in [0.2, 0.25) is 0 Å². The number of nitrogens with one attached hydrogen (secondary N) is 1. The molecule has 22 heavy (non-hydrogen) atoms. The van der Waals surface area contributed by atoms with Gasteiger partial charge in [-0.05, 0) is 25.1 Å². The third-order valence-electron chi connectivity index (χ3n) is 3.24. The SMILES string of the molecule is C[C@H](O)C#Cc1c[nH]c(=O)c2c1nc(N)c1ccc(Br)cc12. The van der Waals surface area contributed by atoms with Crippen LogP contribution in [0.1, 0.15) is 12.5 Å². The van der Waals surface area contributed by atoms with Crippen molar-refractivity contribution in [2.75, 3.05) is 5.73 Å². The number of aromatic amines is 1. The lowest BCUT2D eigenvalue weighted by atomic mass is 10.1. The van der Waals surface area contributed by atoms with Gasteiger partial charge in [-0.15, -0.1) is 0 Å². The maximum Gasteiger partial charge on any atom is 0.258 e. The van der Waals surface area contributed by atoms with Crippen LogP contribution >= 0.6 is 15.9 Å². The highest BCUT2D eigenvalue weighted by atomic mass is 79.9. The summed E-state index contributed by atoms with van der Waals surface area (Å²) < 4.78 is 0.840. The molecule has 0 unspecified atom stereocenters. The lowest BCUT2D eigenvalue weighted by molar-refractivity contribution is 0.253. The highest BCUT2D eigenvalue weighted by molar-refractivity contribution is 9.10. The van der Waals surface area contributed by atoms with E-state index >= 15 is 0 Å². The van der Waals surface area contributed by atoms with Crippen molar-refractivity contribution in [3.63, 3.8) is 0 Å². The van der Waals surface area contributed by atoms with Crippen LogP contribution in [0.3, 0.4) is 0 Å². The standard InChI is InChI=1S/C16H12BrN3O2/c1-8(21)2-3-9-7-19-16(22)13-12-6-10(17)4-5-11(12)15(18)20-14(9)13/h4-8,21H,1H3,(H2,18,20)(H,19,22)/t8-/m0/s1. The average Bonchev–Trinajstić information content (AvgIpc) is 2.46. The van der Waals surface area contributed by atoms with Crippen LogP contribution in [-0.2, 0) is 0 Å². The van der Waals surface area contributed by atoms with Gasteiger partial charge >= 0.3 is 0 Å². The number of aromatic nitrogens is 2. The third kappa shape index (κ3) is 2.45. The van der Waals surface area contributed by atoms with Crippen molar-refractivity contribution < 1.29 is 5.11 Å². The number of nitrogens with two attached hydrogens (primary N) is 1. The molecule has 110 valence electrons. The fraction of sp³-hybridized carbons (Fsp3) is 0.125. The number of anilines is 1. The molecule has 0 saturated carbocycles. The summed E-state index contributed by atoms with van der Waals surface area (Å²) in [5.41, 5.74) is 6.70. The van der Waals surface area contributed by atoms with Crippen molar-refractivity contribution in [1.82, 2.24) is 9.97 Å². The Morgan fingerprint density at radius 3 is 2.91 bits per heavy atom. The van der Waals surface area contributed by atoms with Crippen LogP contribution in [0, 0.1) is 11.8 Å². The van der Waals surface area contributed by atoms with E-state index in [-0.39, 0.29) is 5.56 Å². The number of hydrogen-bond donors (Lipinski definition) is 3. The van der Waals surface area contributed by atoms with Gasteiger partial charge in [0.1, 0.15) is 11.9 Å². The second kappa shape index (κ2) is 5.44. The highest BCUT2D eigenvalue weighted by Gasteiger charge is 2.12. The number of nitrogen functional groups attached to an aromatic ring is 1. The van der Waals surface area contributed by atoms with E-state index < -0.39 is 6.10 Å². The van der Waals surface area contributed by atoms with Gasteiger partial charge in [0.05, 0.1) is 16.5 Å². The summed E-state index contributed by atoms with van der Waals surface area (Å²) in [5.74, 6) is 5.80. The molecule has 2 heterocycles. The second-order valence-corrected chi connectivity index (χ2v) is 5.80. The molecule has 0 bridgehead atoms. The summed E-state index contributed by atoms with van der Waals surface area (Å²) >= 11 is 3.40. The number of halogens is 1. The number of H-pyrrole nitrogens is 1. The predicted molar refractivity (Wildman–Crippen MR) is 90.5 cm³/mol. The molecular weight excluding hydrogens is 346 g/mol. The van der Waals surface area contributed by atoms with Gasteiger partial charge in [0.25, 0.3) is 5.56 Å². The van der Waals surface area contributed by atoms with Crippen LogP contribution in [0.25, 0.3) is 21.7 Å². The number of hydrogen-bond acceptors (Lipinski definition) is 4. The minimum absolute atomic E-state index is 0.256. The van der Waals surface area contributed by atoms with Gasteiger partial charge in [0, 0.05) is 21.4 Å². The summed E-state index contributed by atoms with van der Waals surface area (Å²) in [6.07, 6.45) is 0.713. The van der Waals surface area contributed by atoms with Crippen LogP contribution in [-0.4, -0.2) is 21.2 Å². The maximum atomic E-state index is 12.3. The molecule has 0 spiro atoms. The van der Waals surface area contributed by atoms with E-state index in [1.807, 2.05) is 18.2 Å². The zero-order chi connectivity index (χ0) is 15.9. The van der Waals surface area contributed by atoms with Crippen molar-refractivity contribution >= 4 is 43.4 Å². The normalized spacial score (nSPS) is 12.1. The number of pyridine rings is 2. The Kier molecular flexibility index (Phi) is 3.61. The first-order valence-electron chi connectivity index (χ1n) is 6.57. The Labute approximate surface area is 134 Å². The van der Waals surface area contributed by atoms with Gasteiger partial charge in [-0.25, -0.2) is 4.98 Å². The van der Waals surface area contributed by atoms with E-state index in [4.69, 9.17) is 5.73 Å². The molecule has 3 rings (SSSR count). The summed E-state index contributed by atoms with van der Waals surface area (Å²) in [5, 5.41) is 11.2. The first-order chi connectivity index (χ1) is 10.5. The molecule has 2 aromatic heterocycles. The Balaban J connectivity index is 2.50. The lowest BCUT2D eigenvalue weighted by Gasteiger charge is -2.07. The van der Waals surface area contributed by atoms with Crippen molar-refractivity contribution in [1.29, 1.82) is 0 Å². The predicted octanol–water partition coefficient (Wildman–Crippen LogP) is 2.15. The summed E-state index contributed by atoms with van der Waals surface area (Å²) in [7, 11) is 0. The molecule has 1 aromatic carbocycles. The molecule has 0 amide bonds. The smallest absolute Gasteiger partial charge is 0.258 e. The molecule has 6 heteroatoms. The molecule has 0 aliphatic rings. The van der Waals surface area contributed by atoms with E-state index in [1.54, 1.807) is 6.92 Å². The Hall–Kier alpha value is -2.36. The molecule has 0 aliphatic carbocycles. The molecule has 3 aromatic rings. The monoisotopic (exact) mass is 357 g/mol. The first kappa shape index (κ1) is 14.6. The van der Waals surface area contributed by atoms with Crippen molar-refractivity contribution in [3.8, 4) is 11.8 Å². The molecular formula is C16H12BrN3O2. The summed E-state index contributed by atoms with van der Waals surface area (Å²) in [6, 6.07) is 5.49. The molecule has 5 nitrogen and oxygen atoms in total. The summed E-state index contributed by atoms with van der Waals surface area (Å²) in [6.45, 7) is 1.56. The highest BCUT2D eigenvalue weighted by Crippen LogP contribution is 2.29. The van der Waals surface area contributed by atoms with Gasteiger partial charge in [0.15, 0.2) is 0 Å². The van der Waals surface area contributed by atoms with E-state index in [2.05, 4.69) is 37.7 Å². The van der Waals surface area contributed by atoms with Crippen molar-refractivity contribution in [2.45, 2.75) is 13.0 Å². The third-order valence-corrected chi connectivity index (χ3v) is 3.73. The Morgan fingerprint density at radius 2 is 2.18 bits per heavy atom. The van der Waals surface area contributed by atoms with Crippen molar-refractivity contribution in [2.24, 2.45) is 0 Å². The van der Waals surface area contributed by atoms with Crippen LogP contribution in [0.15, 0.2) is 33.7 Å². The van der Waals surface area contributed by atoms with Crippen LogP contribution in [0.4, 0.5) is 5.82 Å². The zero-order valence-electron chi connectivity index (χ0n) is 11.6. The van der Waals surface area contributed by atoms with Crippen LogP contribution in [0.2, 0.25) is 0 Å². The van der Waals surface area contributed by atoms with Crippen LogP contribution < -0.4 is 11.3 Å². The number of aliphatic hydroxyl groups is 1. The second-order valence-electron chi connectivity index (χ2n) is 4.89. The molecule has 0 radical (unpaired) electrons. The maximum absolute atomic E-state index is 12.3. The molecule has 0 fully saturated rings. The van der Waals surface area contributed by atoms with Crippen LogP contribution in [0.5, 0.6) is 0 Å². The molecule has 0 aliphatic heterocycles. The number of benzene rings is 1. The Bertz CT molecular complexity index is 1010. The topological polar surface area (TPSA) is 92.0 Å². The largest absolute Gasteiger partial charge is 0.383 e. The average molecular weight is 358 g/mol. The Morgan fingerprint density at radius 1 is 1.41 bits per heavy atom. The summed E-state index contributed by atoms with van der Waals surface area (Å²) in [4.78, 5) is 19.2. The van der Waals surface area contributed by atoms with Gasteiger partial charge < -0.3 is 15.8 Å². The lowest BCUT2D eigenvalue weighted by Crippen LogP contribution is -2.09. The fourth-order valence-corrected chi connectivity index (χ4v) is 2.65. The minimum Gasteiger partial charge on any atom is -0.383 e. The molecule has 0 saturated heterocycles. The van der Waals surface area contributed by atoms with E-state index in [9.17, 15) is 9.90 Å². The van der Waals surface area contributed by atoms with E-state index in [1.165, 1.54) is 6.20 Å². The molecule has 1 atom stereocenters. The van der Waals surface area contributed by atoms with E-state index in [0.29, 0.717) is 33.1 Å². The van der Waals surface area contributed by atoms with Gasteiger partial charge in [-0.2, -0.15) is 0 Å². The van der Waals surface area contributed by atoms with Gasteiger partial charge in [-0.1, -0.05) is 27.8 Å². The quantitative estimate of drug-likeness (QED) is 0.424. The zero-order valence-corrected chi connectivity index (χ0v) is 13.2. The number of rotatable bonds is 0. The molecule has 4 N–H and O–H groups in total. The number of fused-ring (bicyclic) bond motifs is 3. The van der Waals surface area contributed by atoms with Gasteiger partial charge in [-0.3, -0.25) is 4.79 Å². The minimum atomic E-state index is -0.770. The van der Waals surface area contributed by atoms with E-state index in [0.717, 1.165) is 4.47 Å². The van der Waals surface area contributed by atoms with Crippen molar-refractivity contribution in [3.05, 3.63) is 44.8 Å². The number of aliphatic hydroxyl groups excluding tert-OH is 1. The number of nitrogens with zero attached hydrogens (tertiary/aromatic N) is 1. The first-order valence-corrected chi connectivity index (χ1v) is 7.36. The fourth-order valence-electron chi connectivity index (χ4n) is 2.29.